The van der Waals surface area contributed by atoms with Gasteiger partial charge < -0.3 is 25.2 Å². The second-order valence-corrected chi connectivity index (χ2v) is 8.14. The quantitative estimate of drug-likeness (QED) is 0.724. The summed E-state index contributed by atoms with van der Waals surface area (Å²) in [5, 5.41) is 5.57. The summed E-state index contributed by atoms with van der Waals surface area (Å²) in [4.78, 5) is 29.1. The summed E-state index contributed by atoms with van der Waals surface area (Å²) in [5.74, 6) is -0.638. The Morgan fingerprint density at radius 3 is 2.53 bits per heavy atom. The molecule has 2 aliphatic heterocycles. The number of hydrogen-bond donors (Lipinski definition) is 2. The molecule has 2 heterocycles. The van der Waals surface area contributed by atoms with Crippen LogP contribution in [0.1, 0.15) is 39.0 Å². The fourth-order valence-corrected chi connectivity index (χ4v) is 4.23. The highest BCUT2D eigenvalue weighted by Crippen LogP contribution is 2.26. The Bertz CT molecular complexity index is 737. The molecule has 1 aromatic carbocycles. The fraction of sp³-hybridized carbons (Fsp3) is 0.619. The zero-order valence-corrected chi connectivity index (χ0v) is 18.1. The average molecular weight is 441 g/mol. The van der Waals surface area contributed by atoms with Gasteiger partial charge in [-0.2, -0.15) is 0 Å². The molecule has 2 saturated heterocycles. The van der Waals surface area contributed by atoms with Crippen LogP contribution in [0.4, 0.5) is 19.7 Å². The van der Waals surface area contributed by atoms with E-state index >= 15 is 0 Å². The van der Waals surface area contributed by atoms with Gasteiger partial charge in [0.2, 0.25) is 0 Å². The van der Waals surface area contributed by atoms with Crippen molar-refractivity contribution in [1.82, 2.24) is 15.1 Å². The molecule has 2 fully saturated rings. The Morgan fingerprint density at radius 2 is 1.87 bits per heavy atom. The van der Waals surface area contributed by atoms with Gasteiger partial charge >= 0.3 is 12.1 Å². The van der Waals surface area contributed by atoms with E-state index in [2.05, 4.69) is 10.6 Å². The molecule has 0 spiro atoms. The third-order valence-electron chi connectivity index (χ3n) is 5.68. The number of hydrogen-bond acceptors (Lipinski definition) is 3. The Kier molecular flexibility index (Phi) is 8.16. The van der Waals surface area contributed by atoms with E-state index in [4.69, 9.17) is 16.3 Å². The van der Waals surface area contributed by atoms with E-state index in [1.54, 1.807) is 11.0 Å². The molecule has 0 aliphatic carbocycles. The smallest absolute Gasteiger partial charge is 0.321 e. The first-order valence-electron chi connectivity index (χ1n) is 10.6. The van der Waals surface area contributed by atoms with Crippen LogP contribution in [0.5, 0.6) is 0 Å². The number of urea groups is 2. The molecule has 30 heavy (non-hydrogen) atoms. The zero-order valence-electron chi connectivity index (χ0n) is 17.3. The number of halogens is 2. The molecule has 0 bridgehead atoms. The van der Waals surface area contributed by atoms with Crippen LogP contribution in [0.2, 0.25) is 5.02 Å². The SMILES string of the molecule is CCCNC(=O)N(C1CCOCC1)C1CCN(C(=O)Nc2cccc(Cl)c2F)CC1. The topological polar surface area (TPSA) is 73.9 Å². The van der Waals surface area contributed by atoms with Crippen molar-refractivity contribution in [3.05, 3.63) is 29.0 Å². The third-order valence-corrected chi connectivity index (χ3v) is 5.98. The van der Waals surface area contributed by atoms with Gasteiger partial charge in [0.1, 0.15) is 0 Å². The first-order valence-corrected chi connectivity index (χ1v) is 11.0. The van der Waals surface area contributed by atoms with Crippen LogP contribution in [0, 0.1) is 5.82 Å². The molecule has 9 heteroatoms. The van der Waals surface area contributed by atoms with Gasteiger partial charge in [-0.3, -0.25) is 0 Å². The van der Waals surface area contributed by atoms with Crippen LogP contribution < -0.4 is 10.6 Å². The summed E-state index contributed by atoms with van der Waals surface area (Å²) in [5.41, 5.74) is 0.0670. The van der Waals surface area contributed by atoms with Crippen molar-refractivity contribution in [3.8, 4) is 0 Å². The molecular formula is C21H30ClFN4O3. The number of ether oxygens (including phenoxy) is 1. The van der Waals surface area contributed by atoms with Gasteiger partial charge in [0.05, 0.1) is 10.7 Å². The number of rotatable bonds is 5. The van der Waals surface area contributed by atoms with Gasteiger partial charge in [0.25, 0.3) is 0 Å². The summed E-state index contributed by atoms with van der Waals surface area (Å²) in [7, 11) is 0. The maximum atomic E-state index is 14.1. The summed E-state index contributed by atoms with van der Waals surface area (Å²) in [6.07, 6.45) is 3.90. The van der Waals surface area contributed by atoms with Crippen molar-refractivity contribution >= 4 is 29.4 Å². The lowest BCUT2D eigenvalue weighted by Crippen LogP contribution is -2.56. The third kappa shape index (κ3) is 5.55. The molecular weight excluding hydrogens is 411 g/mol. The van der Waals surface area contributed by atoms with E-state index in [-0.39, 0.29) is 34.9 Å². The van der Waals surface area contributed by atoms with E-state index in [0.29, 0.717) is 45.7 Å². The van der Waals surface area contributed by atoms with Gasteiger partial charge in [-0.05, 0) is 44.2 Å². The Hall–Kier alpha value is -2.06. The number of anilines is 1. The maximum Gasteiger partial charge on any atom is 0.321 e. The summed E-state index contributed by atoms with van der Waals surface area (Å²) >= 11 is 5.78. The first kappa shape index (κ1) is 22.6. The predicted molar refractivity (Wildman–Crippen MR) is 114 cm³/mol. The van der Waals surface area contributed by atoms with Crippen LogP contribution in [0.25, 0.3) is 0 Å². The van der Waals surface area contributed by atoms with Crippen molar-refractivity contribution in [2.75, 3.05) is 38.2 Å². The van der Waals surface area contributed by atoms with E-state index in [1.165, 1.54) is 12.1 Å². The number of nitrogens with one attached hydrogen (secondary N) is 2. The minimum absolute atomic E-state index is 0.0308. The number of piperidine rings is 1. The Morgan fingerprint density at radius 1 is 1.20 bits per heavy atom. The number of carbonyl (C=O) groups is 2. The van der Waals surface area contributed by atoms with Gasteiger partial charge in [0, 0.05) is 44.9 Å². The van der Waals surface area contributed by atoms with Crippen LogP contribution in [-0.4, -0.2) is 66.8 Å². The van der Waals surface area contributed by atoms with E-state index in [9.17, 15) is 14.0 Å². The van der Waals surface area contributed by atoms with Crippen molar-refractivity contribution in [2.45, 2.75) is 51.1 Å². The summed E-state index contributed by atoms with van der Waals surface area (Å²) in [6.45, 7) is 4.99. The molecule has 2 N–H and O–H groups in total. The average Bonchev–Trinajstić information content (AvgIpc) is 2.77. The summed E-state index contributed by atoms with van der Waals surface area (Å²) in [6, 6.07) is 4.34. The normalized spacial score (nSPS) is 18.2. The van der Waals surface area contributed by atoms with Crippen molar-refractivity contribution < 1.29 is 18.7 Å². The number of carbonyl (C=O) groups excluding carboxylic acids is 2. The standard InChI is InChI=1S/C21H30ClFN4O3/c1-2-10-24-20(28)27(16-8-13-30-14-9-16)15-6-11-26(12-7-15)21(29)25-18-5-3-4-17(22)19(18)23/h3-5,15-16H,2,6-14H2,1H3,(H,24,28)(H,25,29). The molecule has 166 valence electrons. The predicted octanol–water partition coefficient (Wildman–Crippen LogP) is 4.08. The Balaban J connectivity index is 1.60. The molecule has 0 saturated carbocycles. The highest BCUT2D eigenvalue weighted by Gasteiger charge is 2.35. The molecule has 4 amide bonds. The largest absolute Gasteiger partial charge is 0.381 e. The molecule has 1 aromatic rings. The molecule has 3 rings (SSSR count). The number of likely N-dealkylation sites (tertiary alicyclic amines) is 1. The van der Waals surface area contributed by atoms with Gasteiger partial charge in [0.15, 0.2) is 5.82 Å². The van der Waals surface area contributed by atoms with Crippen LogP contribution in [0.15, 0.2) is 18.2 Å². The molecule has 7 nitrogen and oxygen atoms in total. The minimum Gasteiger partial charge on any atom is -0.381 e. The summed E-state index contributed by atoms with van der Waals surface area (Å²) < 4.78 is 19.5. The lowest BCUT2D eigenvalue weighted by atomic mass is 9.98. The maximum absolute atomic E-state index is 14.1. The number of amides is 4. The molecule has 2 aliphatic rings. The van der Waals surface area contributed by atoms with Gasteiger partial charge in [-0.25, -0.2) is 14.0 Å². The highest BCUT2D eigenvalue weighted by molar-refractivity contribution is 6.31. The zero-order chi connectivity index (χ0) is 21.5. The van der Waals surface area contributed by atoms with Crippen LogP contribution in [-0.2, 0) is 4.74 Å². The van der Waals surface area contributed by atoms with Crippen molar-refractivity contribution in [3.63, 3.8) is 0 Å². The van der Waals surface area contributed by atoms with Crippen molar-refractivity contribution in [1.29, 1.82) is 0 Å². The minimum atomic E-state index is -0.638. The van der Waals surface area contributed by atoms with Crippen molar-refractivity contribution in [2.24, 2.45) is 0 Å². The van der Waals surface area contributed by atoms with E-state index in [0.717, 1.165) is 19.3 Å². The fourth-order valence-electron chi connectivity index (χ4n) is 4.06. The number of benzene rings is 1. The molecule has 0 atom stereocenters. The highest BCUT2D eigenvalue weighted by atomic mass is 35.5. The molecule has 0 unspecified atom stereocenters. The lowest BCUT2D eigenvalue weighted by Gasteiger charge is -2.43. The van der Waals surface area contributed by atoms with E-state index < -0.39 is 5.82 Å². The first-order chi connectivity index (χ1) is 14.5. The van der Waals surface area contributed by atoms with Gasteiger partial charge in [-0.1, -0.05) is 24.6 Å². The second-order valence-electron chi connectivity index (χ2n) is 7.73. The van der Waals surface area contributed by atoms with Crippen LogP contribution >= 0.6 is 11.6 Å². The van der Waals surface area contributed by atoms with E-state index in [1.807, 2.05) is 11.8 Å². The molecule has 0 radical (unpaired) electrons. The Labute approximate surface area is 181 Å². The number of nitrogens with zero attached hydrogens (tertiary/aromatic N) is 2. The lowest BCUT2D eigenvalue weighted by molar-refractivity contribution is 0.0239. The molecule has 0 aromatic heterocycles. The van der Waals surface area contributed by atoms with Crippen LogP contribution in [0.3, 0.4) is 0 Å². The second kappa shape index (κ2) is 10.8. The monoisotopic (exact) mass is 440 g/mol. The van der Waals surface area contributed by atoms with Gasteiger partial charge in [-0.15, -0.1) is 0 Å².